The van der Waals surface area contributed by atoms with Gasteiger partial charge in [-0.25, -0.2) is 4.98 Å². The number of rotatable bonds is 2. The molecule has 7 heteroatoms. The maximum absolute atomic E-state index is 12.8. The molecule has 3 heterocycles. The molecule has 132 valence electrons. The Kier molecular flexibility index (Phi) is 4.12. The normalized spacial score (nSPS) is 17.4. The second kappa shape index (κ2) is 6.59. The summed E-state index contributed by atoms with van der Waals surface area (Å²) in [4.78, 5) is 31.6. The standard InChI is InChI=1S/C19H18N4O3/c24-18(14-5-3-10-22(26)11-14)21-9-4-6-15(12-21)23-13-20-17-8-2-1-7-16(17)19(23)25/h1-3,5,7-8,10-11,13,15H,4,6,9,12H2/t15-/m0/s1. The summed E-state index contributed by atoms with van der Waals surface area (Å²) < 4.78 is 2.24. The van der Waals surface area contributed by atoms with Crippen molar-refractivity contribution in [2.45, 2.75) is 18.9 Å². The average Bonchev–Trinajstić information content (AvgIpc) is 2.68. The van der Waals surface area contributed by atoms with Crippen LogP contribution in [0.2, 0.25) is 0 Å². The highest BCUT2D eigenvalue weighted by atomic mass is 16.5. The van der Waals surface area contributed by atoms with Crippen molar-refractivity contribution in [1.82, 2.24) is 14.5 Å². The van der Waals surface area contributed by atoms with Crippen LogP contribution in [0.5, 0.6) is 0 Å². The number of fused-ring (bicyclic) bond motifs is 1. The Morgan fingerprint density at radius 1 is 1.23 bits per heavy atom. The highest BCUT2D eigenvalue weighted by molar-refractivity contribution is 5.93. The van der Waals surface area contributed by atoms with Crippen LogP contribution in [0.15, 0.2) is 59.9 Å². The monoisotopic (exact) mass is 350 g/mol. The first-order chi connectivity index (χ1) is 12.6. The van der Waals surface area contributed by atoms with Gasteiger partial charge >= 0.3 is 0 Å². The first kappa shape index (κ1) is 16.3. The van der Waals surface area contributed by atoms with Gasteiger partial charge in [-0.1, -0.05) is 12.1 Å². The van der Waals surface area contributed by atoms with Gasteiger partial charge in [0.1, 0.15) is 5.56 Å². The average molecular weight is 350 g/mol. The van der Waals surface area contributed by atoms with Crippen molar-refractivity contribution in [3.8, 4) is 0 Å². The maximum atomic E-state index is 12.8. The van der Waals surface area contributed by atoms with E-state index in [0.717, 1.165) is 12.8 Å². The van der Waals surface area contributed by atoms with Crippen LogP contribution in [0, 0.1) is 5.21 Å². The molecular formula is C19H18N4O3. The Hall–Kier alpha value is -3.22. The van der Waals surface area contributed by atoms with E-state index in [1.807, 2.05) is 18.2 Å². The first-order valence-electron chi connectivity index (χ1n) is 8.57. The number of benzene rings is 1. The number of hydrogen-bond donors (Lipinski definition) is 0. The van der Waals surface area contributed by atoms with Crippen molar-refractivity contribution < 1.29 is 9.52 Å². The number of hydrogen-bond acceptors (Lipinski definition) is 4. The van der Waals surface area contributed by atoms with Gasteiger partial charge in [-0.3, -0.25) is 14.2 Å². The van der Waals surface area contributed by atoms with Crippen LogP contribution in [-0.4, -0.2) is 33.4 Å². The number of nitrogens with zero attached hydrogens (tertiary/aromatic N) is 4. The number of carbonyl (C=O) groups excluding carboxylic acids is 1. The second-order valence-corrected chi connectivity index (χ2v) is 6.47. The third kappa shape index (κ3) is 2.92. The molecule has 1 aromatic carbocycles. The van der Waals surface area contributed by atoms with E-state index in [1.54, 1.807) is 34.0 Å². The number of amides is 1. The SMILES string of the molecule is O=C(c1ccc[n+]([O-])c1)N1CCC[C@H](n2cnc3ccccc3c2=O)C1. The zero-order valence-corrected chi connectivity index (χ0v) is 14.1. The van der Waals surface area contributed by atoms with Crippen LogP contribution >= 0.6 is 0 Å². The minimum Gasteiger partial charge on any atom is -0.619 e. The van der Waals surface area contributed by atoms with Crippen LogP contribution in [0.3, 0.4) is 0 Å². The zero-order chi connectivity index (χ0) is 18.1. The summed E-state index contributed by atoms with van der Waals surface area (Å²) in [7, 11) is 0. The molecule has 7 nitrogen and oxygen atoms in total. The van der Waals surface area contributed by atoms with Gasteiger partial charge in [0.25, 0.3) is 11.5 Å². The van der Waals surface area contributed by atoms with Gasteiger partial charge in [-0.05, 0) is 31.0 Å². The molecule has 1 saturated heterocycles. The van der Waals surface area contributed by atoms with Crippen molar-refractivity contribution in [2.24, 2.45) is 0 Å². The van der Waals surface area contributed by atoms with E-state index < -0.39 is 0 Å². The Morgan fingerprint density at radius 2 is 2.08 bits per heavy atom. The zero-order valence-electron chi connectivity index (χ0n) is 14.1. The van der Waals surface area contributed by atoms with Crippen molar-refractivity contribution >= 4 is 16.8 Å². The number of pyridine rings is 1. The number of likely N-dealkylation sites (tertiary alicyclic amines) is 1. The highest BCUT2D eigenvalue weighted by Gasteiger charge is 2.27. The van der Waals surface area contributed by atoms with Crippen LogP contribution < -0.4 is 10.3 Å². The first-order valence-corrected chi connectivity index (χ1v) is 8.57. The molecule has 26 heavy (non-hydrogen) atoms. The summed E-state index contributed by atoms with van der Waals surface area (Å²) in [6, 6.07) is 10.3. The van der Waals surface area contributed by atoms with Crippen LogP contribution in [0.1, 0.15) is 29.2 Å². The summed E-state index contributed by atoms with van der Waals surface area (Å²) in [5.74, 6) is -0.193. The molecule has 1 amide bonds. The third-order valence-corrected chi connectivity index (χ3v) is 4.79. The summed E-state index contributed by atoms with van der Waals surface area (Å²) >= 11 is 0. The predicted molar refractivity (Wildman–Crippen MR) is 95.6 cm³/mol. The molecule has 0 unspecified atom stereocenters. The Bertz CT molecular complexity index is 1030. The van der Waals surface area contributed by atoms with E-state index in [1.165, 1.54) is 12.4 Å². The van der Waals surface area contributed by atoms with E-state index in [0.29, 0.717) is 34.3 Å². The Balaban J connectivity index is 1.62. The number of aromatic nitrogens is 3. The van der Waals surface area contributed by atoms with Gasteiger partial charge in [-0.2, -0.15) is 4.73 Å². The second-order valence-electron chi connectivity index (χ2n) is 6.47. The lowest BCUT2D eigenvalue weighted by molar-refractivity contribution is -0.605. The smallest absolute Gasteiger partial charge is 0.261 e. The van der Waals surface area contributed by atoms with Crippen molar-refractivity contribution in [1.29, 1.82) is 0 Å². The molecule has 3 aromatic rings. The number of piperidine rings is 1. The minimum absolute atomic E-state index is 0.0907. The summed E-state index contributed by atoms with van der Waals surface area (Å²) in [6.07, 6.45) is 5.78. The van der Waals surface area contributed by atoms with Crippen molar-refractivity contribution in [3.63, 3.8) is 0 Å². The molecule has 0 aliphatic carbocycles. The topological polar surface area (TPSA) is 82.1 Å². The molecule has 4 rings (SSSR count). The largest absolute Gasteiger partial charge is 0.619 e. The molecule has 1 aliphatic heterocycles. The van der Waals surface area contributed by atoms with Crippen LogP contribution in [0.4, 0.5) is 0 Å². The fraction of sp³-hybridized carbons (Fsp3) is 0.263. The molecule has 0 saturated carbocycles. The van der Waals surface area contributed by atoms with E-state index in [-0.39, 0.29) is 17.5 Å². The number of carbonyl (C=O) groups is 1. The van der Waals surface area contributed by atoms with E-state index in [4.69, 9.17) is 0 Å². The molecule has 1 atom stereocenters. The van der Waals surface area contributed by atoms with Gasteiger partial charge in [0, 0.05) is 19.2 Å². The van der Waals surface area contributed by atoms with Crippen molar-refractivity contribution in [2.75, 3.05) is 13.1 Å². The van der Waals surface area contributed by atoms with Gasteiger partial charge in [0.05, 0.1) is 23.3 Å². The summed E-state index contributed by atoms with van der Waals surface area (Å²) in [6.45, 7) is 1.03. The minimum atomic E-state index is -0.193. The summed E-state index contributed by atoms with van der Waals surface area (Å²) in [5.41, 5.74) is 0.931. The highest BCUT2D eigenvalue weighted by Crippen LogP contribution is 2.22. The van der Waals surface area contributed by atoms with Gasteiger partial charge in [0.15, 0.2) is 12.4 Å². The van der Waals surface area contributed by atoms with Crippen LogP contribution in [0.25, 0.3) is 10.9 Å². The molecule has 1 aliphatic rings. The molecule has 0 radical (unpaired) electrons. The third-order valence-electron chi connectivity index (χ3n) is 4.79. The van der Waals surface area contributed by atoms with Crippen LogP contribution in [-0.2, 0) is 0 Å². The van der Waals surface area contributed by atoms with E-state index in [9.17, 15) is 14.8 Å². The predicted octanol–water partition coefficient (Wildman–Crippen LogP) is 1.51. The van der Waals surface area contributed by atoms with E-state index >= 15 is 0 Å². The molecule has 2 aromatic heterocycles. The van der Waals surface area contributed by atoms with Gasteiger partial charge < -0.3 is 10.1 Å². The number of para-hydroxylation sites is 1. The molecule has 0 bridgehead atoms. The lowest BCUT2D eigenvalue weighted by Gasteiger charge is -2.33. The lowest BCUT2D eigenvalue weighted by Crippen LogP contribution is -2.43. The molecular weight excluding hydrogens is 332 g/mol. The molecule has 0 N–H and O–H groups in total. The molecule has 0 spiro atoms. The lowest BCUT2D eigenvalue weighted by atomic mass is 10.0. The maximum Gasteiger partial charge on any atom is 0.261 e. The molecule has 1 fully saturated rings. The Labute approximate surface area is 149 Å². The van der Waals surface area contributed by atoms with E-state index in [2.05, 4.69) is 4.98 Å². The van der Waals surface area contributed by atoms with Crippen molar-refractivity contribution in [3.05, 3.63) is 76.2 Å². The van der Waals surface area contributed by atoms with Gasteiger partial charge in [0.2, 0.25) is 0 Å². The quantitative estimate of drug-likeness (QED) is 0.518. The Morgan fingerprint density at radius 3 is 2.92 bits per heavy atom. The fourth-order valence-electron chi connectivity index (χ4n) is 3.47. The summed E-state index contributed by atoms with van der Waals surface area (Å²) in [5, 5.41) is 12.0. The van der Waals surface area contributed by atoms with Gasteiger partial charge in [-0.15, -0.1) is 0 Å². The fourth-order valence-corrected chi connectivity index (χ4v) is 3.47.